The highest BCUT2D eigenvalue weighted by Gasteiger charge is 2.06. The van der Waals surface area contributed by atoms with Crippen molar-refractivity contribution in [1.29, 1.82) is 0 Å². The van der Waals surface area contributed by atoms with Gasteiger partial charge in [-0.2, -0.15) is 4.37 Å². The van der Waals surface area contributed by atoms with Crippen molar-refractivity contribution in [3.63, 3.8) is 0 Å². The Bertz CT molecular complexity index is 689. The van der Waals surface area contributed by atoms with Crippen molar-refractivity contribution in [1.82, 2.24) is 4.37 Å². The molecule has 0 unspecified atom stereocenters. The monoisotopic (exact) mass is 294 g/mol. The van der Waals surface area contributed by atoms with E-state index in [0.717, 1.165) is 21.6 Å². The molecular weight excluding hydrogens is 287 g/mol. The number of hydrogen-bond acceptors (Lipinski definition) is 3. The SMILES string of the molecule is Clc1cc(Cl)cc(Nc2nsc3ccccc23)c1. The Morgan fingerprint density at radius 3 is 2.50 bits per heavy atom. The van der Waals surface area contributed by atoms with Crippen LogP contribution in [0.2, 0.25) is 10.0 Å². The standard InChI is InChI=1S/C13H8Cl2N2S/c14-8-5-9(15)7-10(6-8)16-13-11-3-1-2-4-12(11)18-17-13/h1-7H,(H,16,17). The maximum absolute atomic E-state index is 5.97. The van der Waals surface area contributed by atoms with Crippen LogP contribution in [-0.2, 0) is 0 Å². The summed E-state index contributed by atoms with van der Waals surface area (Å²) in [5, 5.41) is 5.54. The predicted octanol–water partition coefficient (Wildman–Crippen LogP) is 5.35. The number of halogens is 2. The van der Waals surface area contributed by atoms with E-state index in [2.05, 4.69) is 9.69 Å². The fourth-order valence-electron chi connectivity index (χ4n) is 1.74. The first-order valence-electron chi connectivity index (χ1n) is 5.30. The van der Waals surface area contributed by atoms with E-state index in [1.165, 1.54) is 11.5 Å². The zero-order chi connectivity index (χ0) is 12.5. The van der Waals surface area contributed by atoms with Crippen LogP contribution in [-0.4, -0.2) is 4.37 Å². The van der Waals surface area contributed by atoms with Crippen LogP contribution >= 0.6 is 34.7 Å². The van der Waals surface area contributed by atoms with Crippen LogP contribution in [0.1, 0.15) is 0 Å². The van der Waals surface area contributed by atoms with Gasteiger partial charge in [0.05, 0.1) is 4.70 Å². The highest BCUT2D eigenvalue weighted by Crippen LogP contribution is 2.30. The summed E-state index contributed by atoms with van der Waals surface area (Å²) in [6, 6.07) is 13.4. The quantitative estimate of drug-likeness (QED) is 0.689. The zero-order valence-corrected chi connectivity index (χ0v) is 11.5. The van der Waals surface area contributed by atoms with Crippen molar-refractivity contribution >= 4 is 56.3 Å². The van der Waals surface area contributed by atoms with Crippen LogP contribution in [0.4, 0.5) is 11.5 Å². The second kappa shape index (κ2) is 4.76. The minimum absolute atomic E-state index is 0.601. The Morgan fingerprint density at radius 1 is 1.00 bits per heavy atom. The molecule has 0 saturated carbocycles. The lowest BCUT2D eigenvalue weighted by Gasteiger charge is -2.05. The Kier molecular flexibility index (Phi) is 3.12. The van der Waals surface area contributed by atoms with Crippen LogP contribution in [0.5, 0.6) is 0 Å². The highest BCUT2D eigenvalue weighted by molar-refractivity contribution is 7.13. The molecule has 3 aromatic rings. The zero-order valence-electron chi connectivity index (χ0n) is 9.15. The lowest BCUT2D eigenvalue weighted by molar-refractivity contribution is 1.49. The van der Waals surface area contributed by atoms with Crippen molar-refractivity contribution in [3.05, 3.63) is 52.5 Å². The summed E-state index contributed by atoms with van der Waals surface area (Å²) in [6.45, 7) is 0. The summed E-state index contributed by atoms with van der Waals surface area (Å²) in [5.41, 5.74) is 0.837. The molecule has 2 aromatic carbocycles. The molecule has 0 amide bonds. The summed E-state index contributed by atoms with van der Waals surface area (Å²) in [5.74, 6) is 0.828. The summed E-state index contributed by atoms with van der Waals surface area (Å²) >= 11 is 13.4. The molecule has 1 heterocycles. The molecule has 0 saturated heterocycles. The van der Waals surface area contributed by atoms with E-state index >= 15 is 0 Å². The number of nitrogens with zero attached hydrogens (tertiary/aromatic N) is 1. The second-order valence-electron chi connectivity index (χ2n) is 3.81. The number of nitrogens with one attached hydrogen (secondary N) is 1. The number of hydrogen-bond donors (Lipinski definition) is 1. The van der Waals surface area contributed by atoms with Gasteiger partial charge in [-0.3, -0.25) is 0 Å². The van der Waals surface area contributed by atoms with Crippen molar-refractivity contribution in [2.45, 2.75) is 0 Å². The third-order valence-corrected chi connectivity index (χ3v) is 3.77. The van der Waals surface area contributed by atoms with Gasteiger partial charge < -0.3 is 5.32 Å². The number of anilines is 2. The van der Waals surface area contributed by atoms with E-state index < -0.39 is 0 Å². The van der Waals surface area contributed by atoms with Crippen LogP contribution in [0.3, 0.4) is 0 Å². The summed E-state index contributed by atoms with van der Waals surface area (Å²) in [7, 11) is 0. The van der Waals surface area contributed by atoms with Crippen LogP contribution in [0.15, 0.2) is 42.5 Å². The smallest absolute Gasteiger partial charge is 0.151 e. The third-order valence-electron chi connectivity index (χ3n) is 2.50. The van der Waals surface area contributed by atoms with Crippen LogP contribution in [0, 0.1) is 0 Å². The van der Waals surface area contributed by atoms with Crippen molar-refractivity contribution in [3.8, 4) is 0 Å². The third kappa shape index (κ3) is 2.29. The molecule has 0 aliphatic heterocycles. The fraction of sp³-hybridized carbons (Fsp3) is 0. The minimum atomic E-state index is 0.601. The maximum atomic E-state index is 5.97. The number of benzene rings is 2. The second-order valence-corrected chi connectivity index (χ2v) is 5.49. The van der Waals surface area contributed by atoms with Crippen molar-refractivity contribution in [2.24, 2.45) is 0 Å². The van der Waals surface area contributed by atoms with Gasteiger partial charge in [0.25, 0.3) is 0 Å². The van der Waals surface area contributed by atoms with Gasteiger partial charge in [-0.15, -0.1) is 0 Å². The first-order chi connectivity index (χ1) is 8.72. The van der Waals surface area contributed by atoms with Gasteiger partial charge in [0, 0.05) is 21.1 Å². The van der Waals surface area contributed by atoms with E-state index in [1.54, 1.807) is 6.07 Å². The van der Waals surface area contributed by atoms with Gasteiger partial charge in [0.15, 0.2) is 5.82 Å². The molecule has 0 atom stereocenters. The van der Waals surface area contributed by atoms with E-state index in [4.69, 9.17) is 23.2 Å². The average molecular weight is 295 g/mol. The molecular formula is C13H8Cl2N2S. The van der Waals surface area contributed by atoms with Gasteiger partial charge >= 0.3 is 0 Å². The molecule has 0 aliphatic rings. The number of fused-ring (bicyclic) bond motifs is 1. The fourth-order valence-corrected chi connectivity index (χ4v) is 3.00. The Morgan fingerprint density at radius 2 is 1.72 bits per heavy atom. The largest absolute Gasteiger partial charge is 0.339 e. The molecule has 90 valence electrons. The molecule has 0 radical (unpaired) electrons. The van der Waals surface area contributed by atoms with Crippen LogP contribution < -0.4 is 5.32 Å². The van der Waals surface area contributed by atoms with Crippen molar-refractivity contribution < 1.29 is 0 Å². The molecule has 0 fully saturated rings. The lowest BCUT2D eigenvalue weighted by atomic mass is 10.2. The molecule has 5 heteroatoms. The Labute approximate surface area is 118 Å². The molecule has 18 heavy (non-hydrogen) atoms. The first-order valence-corrected chi connectivity index (χ1v) is 6.83. The van der Waals surface area contributed by atoms with Crippen LogP contribution in [0.25, 0.3) is 10.1 Å². The molecule has 3 rings (SSSR count). The predicted molar refractivity (Wildman–Crippen MR) is 79.4 cm³/mol. The highest BCUT2D eigenvalue weighted by atomic mass is 35.5. The van der Waals surface area contributed by atoms with Gasteiger partial charge in [0.2, 0.25) is 0 Å². The number of rotatable bonds is 2. The Hall–Kier alpha value is -1.29. The molecule has 1 N–H and O–H groups in total. The maximum Gasteiger partial charge on any atom is 0.151 e. The molecule has 2 nitrogen and oxygen atoms in total. The van der Waals surface area contributed by atoms with Gasteiger partial charge in [-0.25, -0.2) is 0 Å². The number of aromatic nitrogens is 1. The molecule has 0 aliphatic carbocycles. The molecule has 0 bridgehead atoms. The van der Waals surface area contributed by atoms with Crippen molar-refractivity contribution in [2.75, 3.05) is 5.32 Å². The summed E-state index contributed by atoms with van der Waals surface area (Å²) in [6.07, 6.45) is 0. The summed E-state index contributed by atoms with van der Waals surface area (Å²) < 4.78 is 5.54. The van der Waals surface area contributed by atoms with E-state index in [-0.39, 0.29) is 0 Å². The lowest BCUT2D eigenvalue weighted by Crippen LogP contribution is -1.90. The van der Waals surface area contributed by atoms with E-state index in [0.29, 0.717) is 10.0 Å². The normalized spacial score (nSPS) is 10.8. The van der Waals surface area contributed by atoms with Gasteiger partial charge in [0.1, 0.15) is 0 Å². The minimum Gasteiger partial charge on any atom is -0.339 e. The Balaban J connectivity index is 2.01. The van der Waals surface area contributed by atoms with Gasteiger partial charge in [-0.05, 0) is 41.9 Å². The molecule has 0 spiro atoms. The topological polar surface area (TPSA) is 24.9 Å². The van der Waals surface area contributed by atoms with E-state index in [9.17, 15) is 0 Å². The van der Waals surface area contributed by atoms with Gasteiger partial charge in [-0.1, -0.05) is 35.3 Å². The summed E-state index contributed by atoms with van der Waals surface area (Å²) in [4.78, 5) is 0. The molecule has 1 aromatic heterocycles. The average Bonchev–Trinajstić information content (AvgIpc) is 2.72. The van der Waals surface area contributed by atoms with E-state index in [1.807, 2.05) is 36.4 Å². The first kappa shape index (κ1) is 11.8.